The monoisotopic (exact) mass is 499 g/mol. The fourth-order valence-corrected chi connectivity index (χ4v) is 6.43. The zero-order valence-corrected chi connectivity index (χ0v) is 21.1. The molecule has 10 heteroatoms. The highest BCUT2D eigenvalue weighted by atomic mass is 32.2. The average molecular weight is 500 g/mol. The van der Waals surface area contributed by atoms with Gasteiger partial charge in [0.1, 0.15) is 5.71 Å². The number of aryl methyl sites for hydroxylation is 3. The Morgan fingerprint density at radius 3 is 2.54 bits per heavy atom. The normalized spacial score (nSPS) is 19.5. The predicted octanol–water partition coefficient (Wildman–Crippen LogP) is 2.99. The fourth-order valence-electron chi connectivity index (χ4n) is 4.73. The number of amides is 1. The van der Waals surface area contributed by atoms with Gasteiger partial charge in [-0.05, 0) is 57.4 Å². The van der Waals surface area contributed by atoms with Crippen molar-refractivity contribution in [3.63, 3.8) is 0 Å². The molecule has 0 radical (unpaired) electrons. The third-order valence-electron chi connectivity index (χ3n) is 6.55. The molecule has 35 heavy (non-hydrogen) atoms. The number of anilines is 1. The van der Waals surface area contributed by atoms with Gasteiger partial charge in [-0.1, -0.05) is 12.1 Å². The van der Waals surface area contributed by atoms with Crippen LogP contribution in [0.4, 0.5) is 5.69 Å². The van der Waals surface area contributed by atoms with Gasteiger partial charge in [0.2, 0.25) is 11.7 Å². The number of carbonyl (C=O) groups is 3. The van der Waals surface area contributed by atoms with Crippen LogP contribution in [0, 0.1) is 27.7 Å². The van der Waals surface area contributed by atoms with Gasteiger partial charge in [-0.15, -0.1) is 0 Å². The first-order chi connectivity index (χ1) is 16.5. The number of hydrazone groups is 1. The molecule has 2 aromatic rings. The van der Waals surface area contributed by atoms with Crippen LogP contribution in [0.15, 0.2) is 29.4 Å². The number of sulfone groups is 1. The Bertz CT molecular complexity index is 1360. The molecule has 0 saturated carbocycles. The topological polar surface area (TPSA) is 115 Å². The summed E-state index contributed by atoms with van der Waals surface area (Å²) in [5.41, 5.74) is 4.35. The Hall–Kier alpha value is -3.27. The highest BCUT2D eigenvalue weighted by molar-refractivity contribution is 7.91. The molecule has 1 aromatic carbocycles. The number of Topliss-reactive ketones (excluding diaryl/α,β-unsaturated/α-hetero) is 1. The lowest BCUT2D eigenvalue weighted by Gasteiger charge is -2.24. The van der Waals surface area contributed by atoms with E-state index in [2.05, 4.69) is 5.10 Å². The molecule has 0 aliphatic carbocycles. The Kier molecular flexibility index (Phi) is 6.68. The Labute approximate surface area is 204 Å². The van der Waals surface area contributed by atoms with E-state index in [1.165, 1.54) is 5.01 Å². The molecule has 1 fully saturated rings. The van der Waals surface area contributed by atoms with E-state index >= 15 is 0 Å². The van der Waals surface area contributed by atoms with Crippen LogP contribution in [-0.4, -0.2) is 54.5 Å². The van der Waals surface area contributed by atoms with Crippen LogP contribution in [0.25, 0.3) is 0 Å². The lowest BCUT2D eigenvalue weighted by atomic mass is 10.1. The van der Waals surface area contributed by atoms with Crippen LogP contribution >= 0.6 is 0 Å². The maximum absolute atomic E-state index is 12.9. The summed E-state index contributed by atoms with van der Waals surface area (Å²) in [5.74, 6) is -1.14. The number of ketones is 1. The molecule has 2 aliphatic heterocycles. The van der Waals surface area contributed by atoms with Crippen molar-refractivity contribution in [1.82, 2.24) is 4.57 Å². The second-order valence-electron chi connectivity index (χ2n) is 9.25. The molecule has 0 spiro atoms. The van der Waals surface area contributed by atoms with E-state index in [9.17, 15) is 22.8 Å². The SMILES string of the molecule is Cc1ccc(C)c(N2N=C(C(=O)OCC(=O)c3cc(C)n([C@H]4CCS(=O)(=O)C4)c3C)CCC2=O)c1. The molecule has 1 saturated heterocycles. The second kappa shape index (κ2) is 9.41. The van der Waals surface area contributed by atoms with Crippen LogP contribution in [-0.2, 0) is 24.2 Å². The molecule has 2 aliphatic rings. The molecule has 1 aromatic heterocycles. The van der Waals surface area contributed by atoms with Crippen molar-refractivity contribution in [1.29, 1.82) is 0 Å². The Morgan fingerprint density at radius 1 is 1.11 bits per heavy atom. The van der Waals surface area contributed by atoms with Crippen LogP contribution in [0.5, 0.6) is 0 Å². The van der Waals surface area contributed by atoms with E-state index in [4.69, 9.17) is 4.74 Å². The van der Waals surface area contributed by atoms with Gasteiger partial charge < -0.3 is 9.30 Å². The smallest absolute Gasteiger partial charge is 0.354 e. The predicted molar refractivity (Wildman–Crippen MR) is 132 cm³/mol. The molecule has 186 valence electrons. The number of benzene rings is 1. The van der Waals surface area contributed by atoms with E-state index in [1.54, 1.807) is 13.0 Å². The molecule has 0 N–H and O–H groups in total. The molecular formula is C25H29N3O6S. The van der Waals surface area contributed by atoms with E-state index in [-0.39, 0.29) is 47.8 Å². The average Bonchev–Trinajstić information content (AvgIpc) is 3.31. The van der Waals surface area contributed by atoms with Gasteiger partial charge in [-0.3, -0.25) is 9.59 Å². The van der Waals surface area contributed by atoms with Crippen LogP contribution < -0.4 is 5.01 Å². The fraction of sp³-hybridized carbons (Fsp3) is 0.440. The van der Waals surface area contributed by atoms with Gasteiger partial charge in [-0.25, -0.2) is 13.2 Å². The zero-order valence-electron chi connectivity index (χ0n) is 20.3. The number of carbonyl (C=O) groups excluding carboxylic acids is 3. The summed E-state index contributed by atoms with van der Waals surface area (Å²) in [4.78, 5) is 38.0. The molecule has 9 nitrogen and oxygen atoms in total. The summed E-state index contributed by atoms with van der Waals surface area (Å²) >= 11 is 0. The summed E-state index contributed by atoms with van der Waals surface area (Å²) in [6.07, 6.45) is 0.759. The first-order valence-electron chi connectivity index (χ1n) is 11.5. The molecule has 1 amide bonds. The van der Waals surface area contributed by atoms with Gasteiger partial charge in [0.25, 0.3) is 0 Å². The summed E-state index contributed by atoms with van der Waals surface area (Å²) in [5, 5.41) is 5.47. The molecule has 4 rings (SSSR count). The molecule has 1 atom stereocenters. The van der Waals surface area contributed by atoms with E-state index < -0.39 is 22.4 Å². The third-order valence-corrected chi connectivity index (χ3v) is 8.30. The molecule has 0 bridgehead atoms. The van der Waals surface area contributed by atoms with Crippen molar-refractivity contribution in [2.75, 3.05) is 23.1 Å². The van der Waals surface area contributed by atoms with E-state index in [0.717, 1.165) is 16.8 Å². The largest absolute Gasteiger partial charge is 0.453 e. The molecule has 0 unspecified atom stereocenters. The number of hydrogen-bond donors (Lipinski definition) is 0. The molecule has 3 heterocycles. The number of nitrogens with zero attached hydrogens (tertiary/aromatic N) is 3. The van der Waals surface area contributed by atoms with Gasteiger partial charge in [0.05, 0.1) is 17.2 Å². The summed E-state index contributed by atoms with van der Waals surface area (Å²) in [7, 11) is -3.07. The zero-order chi connectivity index (χ0) is 25.5. The van der Waals surface area contributed by atoms with Crippen molar-refractivity contribution >= 4 is 38.9 Å². The minimum Gasteiger partial charge on any atom is -0.453 e. The van der Waals surface area contributed by atoms with E-state index in [1.807, 2.05) is 43.5 Å². The standard InChI is InChI=1S/C25H29N3O6S/c1-15-5-6-16(2)22(11-15)28-24(30)8-7-21(26-28)25(31)34-13-23(29)20-12-17(3)27(18(20)4)19-9-10-35(32,33)14-19/h5-6,11-12,19H,7-10,13-14H2,1-4H3/t19-/m0/s1. The van der Waals surface area contributed by atoms with Gasteiger partial charge in [-0.2, -0.15) is 10.1 Å². The first kappa shape index (κ1) is 24.8. The first-order valence-corrected chi connectivity index (χ1v) is 13.4. The third kappa shape index (κ3) is 5.07. The van der Waals surface area contributed by atoms with Crippen LogP contribution in [0.2, 0.25) is 0 Å². The second-order valence-corrected chi connectivity index (χ2v) is 11.5. The minimum atomic E-state index is -3.07. The van der Waals surface area contributed by atoms with Crippen LogP contribution in [0.3, 0.4) is 0 Å². The van der Waals surface area contributed by atoms with Gasteiger partial charge in [0.15, 0.2) is 16.4 Å². The van der Waals surface area contributed by atoms with Gasteiger partial charge in [0, 0.05) is 35.8 Å². The van der Waals surface area contributed by atoms with Crippen molar-refractivity contribution in [2.24, 2.45) is 5.10 Å². The number of hydrogen-bond acceptors (Lipinski definition) is 7. The Balaban J connectivity index is 1.47. The van der Waals surface area contributed by atoms with Gasteiger partial charge >= 0.3 is 5.97 Å². The number of ether oxygens (including phenoxy) is 1. The maximum atomic E-state index is 12.9. The van der Waals surface area contributed by atoms with E-state index in [0.29, 0.717) is 23.4 Å². The quantitative estimate of drug-likeness (QED) is 0.446. The maximum Gasteiger partial charge on any atom is 0.354 e. The molecular weight excluding hydrogens is 470 g/mol. The lowest BCUT2D eigenvalue weighted by molar-refractivity contribution is -0.134. The summed E-state index contributed by atoms with van der Waals surface area (Å²) in [6.45, 7) is 6.90. The summed E-state index contributed by atoms with van der Waals surface area (Å²) < 4.78 is 31.0. The Morgan fingerprint density at radius 2 is 1.86 bits per heavy atom. The van der Waals surface area contributed by atoms with Crippen molar-refractivity contribution in [3.05, 3.63) is 52.3 Å². The number of esters is 1. The van der Waals surface area contributed by atoms with Crippen molar-refractivity contribution in [2.45, 2.75) is 53.0 Å². The van der Waals surface area contributed by atoms with Crippen molar-refractivity contribution in [3.8, 4) is 0 Å². The number of rotatable bonds is 6. The van der Waals surface area contributed by atoms with Crippen molar-refractivity contribution < 1.29 is 27.5 Å². The number of aromatic nitrogens is 1. The lowest BCUT2D eigenvalue weighted by Crippen LogP contribution is -2.35. The summed E-state index contributed by atoms with van der Waals surface area (Å²) in [6, 6.07) is 7.15. The van der Waals surface area contributed by atoms with Crippen LogP contribution in [0.1, 0.15) is 58.2 Å². The minimum absolute atomic E-state index is 0.0570. The highest BCUT2D eigenvalue weighted by Gasteiger charge is 2.32. The highest BCUT2D eigenvalue weighted by Crippen LogP contribution is 2.29.